The highest BCUT2D eigenvalue weighted by molar-refractivity contribution is 9.39. The highest BCUT2D eigenvalue weighted by atomic mass is 80.0. The second-order valence-electron chi connectivity index (χ2n) is 4.35. The number of ether oxygens (including phenoxy) is 1. The summed E-state index contributed by atoms with van der Waals surface area (Å²) in [5.41, 5.74) is -0.487. The van der Waals surface area contributed by atoms with Crippen molar-refractivity contribution in [3.63, 3.8) is 0 Å². The molecule has 1 aliphatic carbocycles. The van der Waals surface area contributed by atoms with Crippen LogP contribution in [0.3, 0.4) is 0 Å². The number of rotatable bonds is 1. The third-order valence-corrected chi connectivity index (χ3v) is 5.18. The van der Waals surface area contributed by atoms with Gasteiger partial charge < -0.3 is 4.74 Å². The number of carbonyl (C=O) groups is 1. The Balaban J connectivity index is 2.85. The summed E-state index contributed by atoms with van der Waals surface area (Å²) in [6.45, 7) is 1.47. The molecule has 0 heterocycles. The monoisotopic (exact) mass is 418 g/mol. The van der Waals surface area contributed by atoms with Crippen molar-refractivity contribution in [2.24, 2.45) is 0 Å². The largest absolute Gasteiger partial charge is 0.456 e. The Labute approximate surface area is 122 Å². The highest BCUT2D eigenvalue weighted by Crippen LogP contribution is 2.51. The fourth-order valence-electron chi connectivity index (χ4n) is 2.19. The van der Waals surface area contributed by atoms with Gasteiger partial charge in [0, 0.05) is 6.92 Å². The van der Waals surface area contributed by atoms with E-state index in [1.165, 1.54) is 26.2 Å². The summed E-state index contributed by atoms with van der Waals surface area (Å²) >= 11 is 10.6. The molecule has 0 atom stereocenters. The molecule has 94 valence electrons. The first-order valence-corrected chi connectivity index (χ1v) is 8.02. The SMILES string of the molecule is CC(=O)OC1(C(Br)(Br)Br)CCCCCCC1. The molecule has 0 aromatic heterocycles. The number of hydrogen-bond donors (Lipinski definition) is 0. The number of esters is 1. The summed E-state index contributed by atoms with van der Waals surface area (Å²) in [4.78, 5) is 11.3. The Morgan fingerprint density at radius 1 is 1.06 bits per heavy atom. The Kier molecular flexibility index (Phi) is 5.79. The van der Waals surface area contributed by atoms with E-state index in [1.807, 2.05) is 0 Å². The van der Waals surface area contributed by atoms with E-state index in [0.29, 0.717) is 0 Å². The lowest BCUT2D eigenvalue weighted by atomic mass is 9.88. The maximum Gasteiger partial charge on any atom is 0.303 e. The van der Waals surface area contributed by atoms with Crippen molar-refractivity contribution in [3.05, 3.63) is 0 Å². The molecule has 1 saturated carbocycles. The summed E-state index contributed by atoms with van der Waals surface area (Å²) in [6.07, 6.45) is 7.67. The predicted octanol–water partition coefficient (Wildman–Crippen LogP) is 4.87. The summed E-state index contributed by atoms with van der Waals surface area (Å²) in [6, 6.07) is 0. The Hall–Kier alpha value is 0.910. The molecule has 1 rings (SSSR count). The van der Waals surface area contributed by atoms with Crippen molar-refractivity contribution < 1.29 is 9.53 Å². The van der Waals surface area contributed by atoms with Gasteiger partial charge in [0.1, 0.15) is 5.60 Å². The van der Waals surface area contributed by atoms with Gasteiger partial charge in [-0.25, -0.2) is 0 Å². The van der Waals surface area contributed by atoms with Gasteiger partial charge in [-0.2, -0.15) is 0 Å². The summed E-state index contributed by atoms with van der Waals surface area (Å²) in [7, 11) is 0. The minimum Gasteiger partial charge on any atom is -0.456 e. The van der Waals surface area contributed by atoms with Crippen molar-refractivity contribution in [3.8, 4) is 0 Å². The second kappa shape index (κ2) is 6.19. The van der Waals surface area contributed by atoms with Gasteiger partial charge in [-0.3, -0.25) is 4.79 Å². The fourth-order valence-corrected chi connectivity index (χ4v) is 3.63. The van der Waals surface area contributed by atoms with Crippen molar-refractivity contribution in [2.45, 2.75) is 59.6 Å². The lowest BCUT2D eigenvalue weighted by molar-refractivity contribution is -0.157. The maximum atomic E-state index is 11.3. The van der Waals surface area contributed by atoms with Crippen LogP contribution in [0.25, 0.3) is 0 Å². The van der Waals surface area contributed by atoms with Crippen LogP contribution in [0.15, 0.2) is 0 Å². The first-order valence-electron chi connectivity index (χ1n) is 5.64. The second-order valence-corrected chi connectivity index (χ2v) is 11.1. The number of alkyl halides is 3. The molecule has 0 aromatic rings. The standard InChI is InChI=1S/C11H17Br3O2/c1-9(15)16-10(11(12,13)14)7-5-3-2-4-6-8-10/h2-8H2,1H3. The summed E-state index contributed by atoms with van der Waals surface area (Å²) in [5, 5.41) is 0. The van der Waals surface area contributed by atoms with Gasteiger partial charge in [0.25, 0.3) is 0 Å². The van der Waals surface area contributed by atoms with E-state index in [0.717, 1.165) is 25.7 Å². The first-order chi connectivity index (χ1) is 7.37. The molecule has 0 unspecified atom stereocenters. The minimum atomic E-state index is -0.525. The fraction of sp³-hybridized carbons (Fsp3) is 0.909. The zero-order chi connectivity index (χ0) is 12.2. The van der Waals surface area contributed by atoms with E-state index in [4.69, 9.17) is 4.74 Å². The molecule has 0 aromatic carbocycles. The molecule has 0 aliphatic heterocycles. The van der Waals surface area contributed by atoms with Crippen LogP contribution in [0.2, 0.25) is 0 Å². The van der Waals surface area contributed by atoms with Gasteiger partial charge in [0.05, 0.1) is 0 Å². The van der Waals surface area contributed by atoms with Crippen LogP contribution in [-0.2, 0) is 9.53 Å². The molecule has 0 radical (unpaired) electrons. The molecule has 0 N–H and O–H groups in total. The molecule has 1 fully saturated rings. The smallest absolute Gasteiger partial charge is 0.303 e. The van der Waals surface area contributed by atoms with E-state index >= 15 is 0 Å². The third-order valence-electron chi connectivity index (χ3n) is 3.02. The van der Waals surface area contributed by atoms with Gasteiger partial charge >= 0.3 is 5.97 Å². The van der Waals surface area contributed by atoms with Gasteiger partial charge in [-0.15, -0.1) is 0 Å². The van der Waals surface area contributed by atoms with Crippen LogP contribution in [0.4, 0.5) is 0 Å². The average molecular weight is 421 g/mol. The molecular formula is C11H17Br3O2. The normalized spacial score (nSPS) is 22.0. The minimum absolute atomic E-state index is 0.219. The van der Waals surface area contributed by atoms with Crippen LogP contribution < -0.4 is 0 Å². The maximum absolute atomic E-state index is 11.3. The van der Waals surface area contributed by atoms with Crippen molar-refractivity contribution >= 4 is 53.8 Å². The average Bonchev–Trinajstić information content (AvgIpc) is 2.06. The van der Waals surface area contributed by atoms with E-state index < -0.39 is 7.74 Å². The van der Waals surface area contributed by atoms with Gasteiger partial charge in [-0.1, -0.05) is 67.1 Å². The zero-order valence-electron chi connectivity index (χ0n) is 9.40. The topological polar surface area (TPSA) is 26.3 Å². The van der Waals surface area contributed by atoms with E-state index in [9.17, 15) is 4.79 Å². The predicted molar refractivity (Wildman–Crippen MR) is 76.3 cm³/mol. The number of carbonyl (C=O) groups excluding carboxylic acids is 1. The van der Waals surface area contributed by atoms with E-state index in [2.05, 4.69) is 47.8 Å². The molecule has 16 heavy (non-hydrogen) atoms. The van der Waals surface area contributed by atoms with Gasteiger partial charge in [-0.05, 0) is 25.7 Å². The molecule has 0 amide bonds. The molecule has 0 bridgehead atoms. The van der Waals surface area contributed by atoms with Crippen LogP contribution >= 0.6 is 47.8 Å². The van der Waals surface area contributed by atoms with Crippen molar-refractivity contribution in [2.75, 3.05) is 0 Å². The molecule has 1 aliphatic rings. The molecule has 0 spiro atoms. The van der Waals surface area contributed by atoms with E-state index in [1.54, 1.807) is 0 Å². The third kappa shape index (κ3) is 3.98. The lowest BCUT2D eigenvalue weighted by Gasteiger charge is -2.41. The Bertz CT molecular complexity index is 240. The molecule has 0 saturated heterocycles. The van der Waals surface area contributed by atoms with Crippen LogP contribution in [0.5, 0.6) is 0 Å². The van der Waals surface area contributed by atoms with Crippen LogP contribution in [0.1, 0.15) is 51.9 Å². The van der Waals surface area contributed by atoms with Gasteiger partial charge in [0.2, 0.25) is 0 Å². The molecular weight excluding hydrogens is 404 g/mol. The first kappa shape index (κ1) is 15.0. The lowest BCUT2D eigenvalue weighted by Crippen LogP contribution is -2.46. The molecule has 5 heteroatoms. The number of halogens is 3. The Morgan fingerprint density at radius 3 is 1.88 bits per heavy atom. The van der Waals surface area contributed by atoms with Crippen LogP contribution in [0, 0.1) is 0 Å². The number of hydrogen-bond acceptors (Lipinski definition) is 2. The summed E-state index contributed by atoms with van der Waals surface area (Å²) in [5.74, 6) is -0.219. The van der Waals surface area contributed by atoms with Crippen LogP contribution in [-0.4, -0.2) is 13.7 Å². The van der Waals surface area contributed by atoms with Gasteiger partial charge in [0.15, 0.2) is 2.14 Å². The zero-order valence-corrected chi connectivity index (χ0v) is 14.2. The Morgan fingerprint density at radius 2 is 1.50 bits per heavy atom. The van der Waals surface area contributed by atoms with E-state index in [-0.39, 0.29) is 5.97 Å². The quantitative estimate of drug-likeness (QED) is 0.446. The van der Waals surface area contributed by atoms with Crippen molar-refractivity contribution in [1.82, 2.24) is 0 Å². The molecule has 2 nitrogen and oxygen atoms in total. The highest BCUT2D eigenvalue weighted by Gasteiger charge is 2.49. The summed E-state index contributed by atoms with van der Waals surface area (Å²) < 4.78 is 5.07. The van der Waals surface area contributed by atoms with Crippen molar-refractivity contribution in [1.29, 1.82) is 0 Å².